The van der Waals surface area contributed by atoms with Crippen LogP contribution in [-0.2, 0) is 0 Å². The van der Waals surface area contributed by atoms with Gasteiger partial charge in [0.1, 0.15) is 0 Å². The summed E-state index contributed by atoms with van der Waals surface area (Å²) in [6, 6.07) is 14.9. The van der Waals surface area contributed by atoms with Gasteiger partial charge >= 0.3 is 0 Å². The fourth-order valence-corrected chi connectivity index (χ4v) is 2.25. The molecule has 0 heterocycles. The van der Waals surface area contributed by atoms with E-state index in [2.05, 4.69) is 15.5 Å². The van der Waals surface area contributed by atoms with E-state index in [1.807, 2.05) is 55.4 Å². The SMILES string of the molecule is CN(C)c1ccc(N=Nc2ccccc2C(=O)NCCCCN)cc1. The Morgan fingerprint density at radius 1 is 1.04 bits per heavy atom. The molecule has 0 aliphatic heterocycles. The van der Waals surface area contributed by atoms with E-state index in [0.29, 0.717) is 24.3 Å². The van der Waals surface area contributed by atoms with Crippen molar-refractivity contribution < 1.29 is 4.79 Å². The molecular formula is C19H25N5O. The monoisotopic (exact) mass is 339 g/mol. The summed E-state index contributed by atoms with van der Waals surface area (Å²) in [5.41, 5.74) is 8.36. The summed E-state index contributed by atoms with van der Waals surface area (Å²) in [5.74, 6) is -0.144. The summed E-state index contributed by atoms with van der Waals surface area (Å²) in [5, 5.41) is 11.4. The quantitative estimate of drug-likeness (QED) is 0.569. The normalized spacial score (nSPS) is 10.8. The van der Waals surface area contributed by atoms with Crippen LogP contribution >= 0.6 is 0 Å². The van der Waals surface area contributed by atoms with E-state index >= 15 is 0 Å². The average molecular weight is 339 g/mol. The highest BCUT2D eigenvalue weighted by atomic mass is 16.1. The summed E-state index contributed by atoms with van der Waals surface area (Å²) in [4.78, 5) is 14.3. The van der Waals surface area contributed by atoms with Crippen molar-refractivity contribution in [2.75, 3.05) is 32.1 Å². The Morgan fingerprint density at radius 3 is 2.44 bits per heavy atom. The molecule has 0 aliphatic carbocycles. The Balaban J connectivity index is 2.07. The summed E-state index contributed by atoms with van der Waals surface area (Å²) in [6.07, 6.45) is 1.76. The number of nitrogens with zero attached hydrogens (tertiary/aromatic N) is 3. The molecule has 0 fully saturated rings. The molecule has 0 spiro atoms. The number of carbonyl (C=O) groups excluding carboxylic acids is 1. The second kappa shape index (κ2) is 9.54. The van der Waals surface area contributed by atoms with Crippen molar-refractivity contribution >= 4 is 23.0 Å². The van der Waals surface area contributed by atoms with Crippen molar-refractivity contribution in [1.82, 2.24) is 5.32 Å². The zero-order valence-corrected chi connectivity index (χ0v) is 14.8. The second-order valence-corrected chi connectivity index (χ2v) is 5.88. The van der Waals surface area contributed by atoms with Gasteiger partial charge in [-0.05, 0) is 55.8 Å². The highest BCUT2D eigenvalue weighted by Crippen LogP contribution is 2.23. The number of unbranched alkanes of at least 4 members (excludes halogenated alkanes) is 1. The lowest BCUT2D eigenvalue weighted by Gasteiger charge is -2.11. The molecule has 25 heavy (non-hydrogen) atoms. The second-order valence-electron chi connectivity index (χ2n) is 5.88. The maximum absolute atomic E-state index is 12.3. The Labute approximate surface area is 148 Å². The van der Waals surface area contributed by atoms with Crippen molar-refractivity contribution in [2.45, 2.75) is 12.8 Å². The van der Waals surface area contributed by atoms with Crippen LogP contribution in [0.1, 0.15) is 23.2 Å². The van der Waals surface area contributed by atoms with Crippen molar-refractivity contribution in [2.24, 2.45) is 16.0 Å². The predicted molar refractivity (Wildman–Crippen MR) is 102 cm³/mol. The van der Waals surface area contributed by atoms with Crippen LogP contribution in [0.4, 0.5) is 17.1 Å². The molecule has 132 valence electrons. The molecular weight excluding hydrogens is 314 g/mol. The molecule has 0 aromatic heterocycles. The van der Waals surface area contributed by atoms with E-state index in [9.17, 15) is 4.79 Å². The first-order valence-electron chi connectivity index (χ1n) is 8.38. The van der Waals surface area contributed by atoms with E-state index in [-0.39, 0.29) is 5.91 Å². The molecule has 1 amide bonds. The third kappa shape index (κ3) is 5.69. The van der Waals surface area contributed by atoms with Gasteiger partial charge in [-0.25, -0.2) is 0 Å². The molecule has 6 heteroatoms. The van der Waals surface area contributed by atoms with Gasteiger partial charge in [0, 0.05) is 26.3 Å². The Morgan fingerprint density at radius 2 is 1.76 bits per heavy atom. The van der Waals surface area contributed by atoms with E-state index in [0.717, 1.165) is 24.2 Å². The number of nitrogens with one attached hydrogen (secondary N) is 1. The lowest BCUT2D eigenvalue weighted by Crippen LogP contribution is -2.24. The number of azo groups is 1. The largest absolute Gasteiger partial charge is 0.378 e. The molecule has 0 aliphatic rings. The van der Waals surface area contributed by atoms with E-state index in [1.54, 1.807) is 12.1 Å². The van der Waals surface area contributed by atoms with E-state index in [1.165, 1.54) is 0 Å². The van der Waals surface area contributed by atoms with Gasteiger partial charge in [-0.3, -0.25) is 4.79 Å². The number of anilines is 1. The van der Waals surface area contributed by atoms with Crippen LogP contribution in [0.15, 0.2) is 58.8 Å². The molecule has 0 unspecified atom stereocenters. The first-order chi connectivity index (χ1) is 12.1. The van der Waals surface area contributed by atoms with Gasteiger partial charge in [-0.15, -0.1) is 5.11 Å². The zero-order chi connectivity index (χ0) is 18.1. The van der Waals surface area contributed by atoms with Crippen molar-refractivity contribution in [3.8, 4) is 0 Å². The number of hydrogen-bond acceptors (Lipinski definition) is 5. The average Bonchev–Trinajstić information content (AvgIpc) is 2.64. The topological polar surface area (TPSA) is 83.1 Å². The predicted octanol–water partition coefficient (Wildman–Crippen LogP) is 3.64. The number of rotatable bonds is 8. The van der Waals surface area contributed by atoms with Crippen LogP contribution < -0.4 is 16.0 Å². The molecule has 3 N–H and O–H groups in total. The van der Waals surface area contributed by atoms with Gasteiger partial charge in [0.25, 0.3) is 5.91 Å². The maximum Gasteiger partial charge on any atom is 0.253 e. The molecule has 2 aromatic carbocycles. The van der Waals surface area contributed by atoms with Gasteiger partial charge in [-0.1, -0.05) is 12.1 Å². The van der Waals surface area contributed by atoms with Gasteiger partial charge in [0.15, 0.2) is 0 Å². The molecule has 2 aromatic rings. The van der Waals surface area contributed by atoms with Gasteiger partial charge < -0.3 is 16.0 Å². The minimum atomic E-state index is -0.144. The van der Waals surface area contributed by atoms with E-state index in [4.69, 9.17) is 5.73 Å². The Kier molecular flexibility index (Phi) is 7.10. The molecule has 0 bridgehead atoms. The third-order valence-corrected chi connectivity index (χ3v) is 3.70. The van der Waals surface area contributed by atoms with Crippen LogP contribution in [0.2, 0.25) is 0 Å². The number of amides is 1. The standard InChI is InChI=1S/C19H25N5O/c1-24(2)16-11-9-15(10-12-16)22-23-18-8-4-3-7-17(18)19(25)21-14-6-5-13-20/h3-4,7-12H,5-6,13-14,20H2,1-2H3,(H,21,25). The van der Waals surface area contributed by atoms with Crippen molar-refractivity contribution in [1.29, 1.82) is 0 Å². The summed E-state index contributed by atoms with van der Waals surface area (Å²) < 4.78 is 0. The minimum Gasteiger partial charge on any atom is -0.378 e. The van der Waals surface area contributed by atoms with Crippen LogP contribution in [-0.4, -0.2) is 33.1 Å². The van der Waals surface area contributed by atoms with Crippen LogP contribution in [0.3, 0.4) is 0 Å². The van der Waals surface area contributed by atoms with Gasteiger partial charge in [0.2, 0.25) is 0 Å². The van der Waals surface area contributed by atoms with E-state index < -0.39 is 0 Å². The Hall–Kier alpha value is -2.73. The van der Waals surface area contributed by atoms with Gasteiger partial charge in [0.05, 0.1) is 16.9 Å². The Bertz CT molecular complexity index is 710. The van der Waals surface area contributed by atoms with Crippen molar-refractivity contribution in [3.05, 3.63) is 54.1 Å². The van der Waals surface area contributed by atoms with Gasteiger partial charge in [-0.2, -0.15) is 5.11 Å². The molecule has 0 saturated carbocycles. The number of hydrogen-bond donors (Lipinski definition) is 2. The summed E-state index contributed by atoms with van der Waals surface area (Å²) in [7, 11) is 3.97. The lowest BCUT2D eigenvalue weighted by molar-refractivity contribution is 0.0953. The maximum atomic E-state index is 12.3. The first-order valence-corrected chi connectivity index (χ1v) is 8.38. The highest BCUT2D eigenvalue weighted by molar-refractivity contribution is 5.98. The third-order valence-electron chi connectivity index (χ3n) is 3.70. The van der Waals surface area contributed by atoms with Crippen LogP contribution in [0, 0.1) is 0 Å². The number of benzene rings is 2. The minimum absolute atomic E-state index is 0.144. The fraction of sp³-hybridized carbons (Fsp3) is 0.316. The molecule has 2 rings (SSSR count). The summed E-state index contributed by atoms with van der Waals surface area (Å²) in [6.45, 7) is 1.24. The molecule has 6 nitrogen and oxygen atoms in total. The highest BCUT2D eigenvalue weighted by Gasteiger charge is 2.10. The summed E-state index contributed by atoms with van der Waals surface area (Å²) >= 11 is 0. The number of nitrogens with two attached hydrogens (primary N) is 1. The zero-order valence-electron chi connectivity index (χ0n) is 14.8. The number of carbonyl (C=O) groups is 1. The molecule has 0 atom stereocenters. The fourth-order valence-electron chi connectivity index (χ4n) is 2.25. The molecule has 0 saturated heterocycles. The lowest BCUT2D eigenvalue weighted by atomic mass is 10.1. The molecule has 0 radical (unpaired) electrons. The van der Waals surface area contributed by atoms with Crippen LogP contribution in [0.25, 0.3) is 0 Å². The van der Waals surface area contributed by atoms with Crippen LogP contribution in [0.5, 0.6) is 0 Å². The smallest absolute Gasteiger partial charge is 0.253 e. The van der Waals surface area contributed by atoms with Crippen molar-refractivity contribution in [3.63, 3.8) is 0 Å². The first kappa shape index (κ1) is 18.6.